The SMILES string of the molecule is c1ccc(-c2nc3cc4c(cc3o2)oc2ccc(-c3ccc(N(c5ccccc5-c5ccccc5)c5cccc6c7ccccc7n(-c7ccccc7)c56)cc3)cc24)cc1. The highest BCUT2D eigenvalue weighted by Crippen LogP contribution is 2.46. The molecule has 60 heavy (non-hydrogen) atoms. The van der Waals surface area contributed by atoms with E-state index in [1.165, 1.54) is 16.3 Å². The van der Waals surface area contributed by atoms with Gasteiger partial charge in [0.1, 0.15) is 16.7 Å². The zero-order chi connectivity index (χ0) is 39.6. The van der Waals surface area contributed by atoms with Gasteiger partial charge in [0.2, 0.25) is 5.89 Å². The van der Waals surface area contributed by atoms with Crippen LogP contribution in [0.15, 0.2) is 221 Å². The Balaban J connectivity index is 1.02. The summed E-state index contributed by atoms with van der Waals surface area (Å²) in [7, 11) is 0. The highest BCUT2D eigenvalue weighted by Gasteiger charge is 2.23. The number of benzene rings is 9. The molecule has 0 aliphatic rings. The summed E-state index contributed by atoms with van der Waals surface area (Å²) in [5.74, 6) is 0.599. The largest absolute Gasteiger partial charge is 0.456 e. The topological polar surface area (TPSA) is 47.3 Å². The Bertz CT molecular complexity index is 3530. The average molecular weight is 770 g/mol. The third kappa shape index (κ3) is 5.52. The van der Waals surface area contributed by atoms with Crippen molar-refractivity contribution in [2.24, 2.45) is 0 Å². The van der Waals surface area contributed by atoms with Crippen molar-refractivity contribution in [3.05, 3.63) is 212 Å². The van der Waals surface area contributed by atoms with Gasteiger partial charge >= 0.3 is 0 Å². The van der Waals surface area contributed by atoms with Gasteiger partial charge in [-0.15, -0.1) is 0 Å². The number of furan rings is 1. The van der Waals surface area contributed by atoms with Gasteiger partial charge in [0.25, 0.3) is 0 Å². The molecule has 0 bridgehead atoms. The molecule has 3 heterocycles. The Labute approximate surface area is 345 Å². The predicted molar refractivity (Wildman–Crippen MR) is 247 cm³/mol. The second-order valence-corrected chi connectivity index (χ2v) is 15.1. The highest BCUT2D eigenvalue weighted by molar-refractivity contribution is 6.15. The molecule has 0 aliphatic heterocycles. The molecule has 0 atom stereocenters. The second-order valence-electron chi connectivity index (χ2n) is 15.1. The van der Waals surface area contributed by atoms with Crippen LogP contribution < -0.4 is 4.90 Å². The van der Waals surface area contributed by atoms with E-state index >= 15 is 0 Å². The summed E-state index contributed by atoms with van der Waals surface area (Å²) in [6.45, 7) is 0. The van der Waals surface area contributed by atoms with Crippen LogP contribution >= 0.6 is 0 Å². The summed E-state index contributed by atoms with van der Waals surface area (Å²) in [4.78, 5) is 7.26. The molecular formula is C55H35N3O2. The predicted octanol–water partition coefficient (Wildman–Crippen LogP) is 15.3. The minimum atomic E-state index is 0.599. The zero-order valence-electron chi connectivity index (χ0n) is 32.4. The van der Waals surface area contributed by atoms with E-state index in [1.807, 2.05) is 36.4 Å². The average Bonchev–Trinajstić information content (AvgIpc) is 4.01. The summed E-state index contributed by atoms with van der Waals surface area (Å²) >= 11 is 0. The van der Waals surface area contributed by atoms with Crippen LogP contribution in [0, 0.1) is 0 Å². The van der Waals surface area contributed by atoms with Crippen molar-refractivity contribution in [2.75, 3.05) is 4.90 Å². The summed E-state index contributed by atoms with van der Waals surface area (Å²) in [6.07, 6.45) is 0. The number of aromatic nitrogens is 2. The van der Waals surface area contributed by atoms with E-state index in [-0.39, 0.29) is 0 Å². The number of hydrogen-bond donors (Lipinski definition) is 0. The molecule has 0 radical (unpaired) electrons. The van der Waals surface area contributed by atoms with Gasteiger partial charge in [0.15, 0.2) is 5.58 Å². The molecule has 0 spiro atoms. The molecule has 0 saturated carbocycles. The number of hydrogen-bond acceptors (Lipinski definition) is 4. The van der Waals surface area contributed by atoms with Gasteiger partial charge in [-0.05, 0) is 89.5 Å². The fourth-order valence-electron chi connectivity index (χ4n) is 8.85. The lowest BCUT2D eigenvalue weighted by atomic mass is 10.00. The number of oxazole rings is 1. The third-order valence-corrected chi connectivity index (χ3v) is 11.6. The molecule has 0 amide bonds. The molecule has 12 aromatic rings. The van der Waals surface area contributed by atoms with Crippen LogP contribution in [-0.2, 0) is 0 Å². The second kappa shape index (κ2) is 13.8. The van der Waals surface area contributed by atoms with Crippen molar-refractivity contribution in [1.29, 1.82) is 0 Å². The van der Waals surface area contributed by atoms with Crippen LogP contribution in [0.5, 0.6) is 0 Å². The number of rotatable bonds is 7. The van der Waals surface area contributed by atoms with Crippen LogP contribution in [0.3, 0.4) is 0 Å². The monoisotopic (exact) mass is 769 g/mol. The Hall–Kier alpha value is -8.15. The van der Waals surface area contributed by atoms with Crippen molar-refractivity contribution in [3.8, 4) is 39.4 Å². The normalized spacial score (nSPS) is 11.7. The minimum Gasteiger partial charge on any atom is -0.456 e. The maximum absolute atomic E-state index is 6.36. The van der Waals surface area contributed by atoms with E-state index in [9.17, 15) is 0 Å². The van der Waals surface area contributed by atoms with E-state index in [1.54, 1.807) is 0 Å². The molecule has 12 rings (SSSR count). The zero-order valence-corrected chi connectivity index (χ0v) is 32.4. The van der Waals surface area contributed by atoms with Crippen LogP contribution in [0.1, 0.15) is 0 Å². The quantitative estimate of drug-likeness (QED) is 0.162. The lowest BCUT2D eigenvalue weighted by Gasteiger charge is -2.29. The van der Waals surface area contributed by atoms with Gasteiger partial charge in [0, 0.05) is 50.1 Å². The lowest BCUT2D eigenvalue weighted by Crippen LogP contribution is -2.12. The molecule has 9 aromatic carbocycles. The summed E-state index contributed by atoms with van der Waals surface area (Å²) in [6, 6.07) is 74.8. The Morgan fingerprint density at radius 3 is 1.87 bits per heavy atom. The van der Waals surface area contributed by atoms with Gasteiger partial charge in [0.05, 0.1) is 22.4 Å². The van der Waals surface area contributed by atoms with Gasteiger partial charge < -0.3 is 18.3 Å². The molecule has 282 valence electrons. The molecule has 3 aromatic heterocycles. The van der Waals surface area contributed by atoms with Crippen molar-refractivity contribution in [3.63, 3.8) is 0 Å². The standard InChI is InChI=1S/C55H35N3O2/c1-4-15-37(16-5-1)42-21-10-12-24-48(42)57(50-26-14-23-44-43-22-11-13-25-49(43)58(54(44)50)40-19-8-3-9-20-40)41-30-27-36(28-31-41)39-29-32-51-45(33-39)46-34-47-53(35-52(46)59-51)60-55(56-47)38-17-6-2-7-18-38/h1-35H. The van der Waals surface area contributed by atoms with Gasteiger partial charge in [-0.25, -0.2) is 4.98 Å². The number of fused-ring (bicyclic) bond motifs is 7. The number of para-hydroxylation sites is 4. The first-order valence-corrected chi connectivity index (χ1v) is 20.2. The van der Waals surface area contributed by atoms with E-state index in [0.29, 0.717) is 11.5 Å². The van der Waals surface area contributed by atoms with E-state index in [4.69, 9.17) is 13.8 Å². The molecule has 0 saturated heterocycles. The van der Waals surface area contributed by atoms with Crippen LogP contribution in [0.2, 0.25) is 0 Å². The van der Waals surface area contributed by atoms with Crippen molar-refractivity contribution >= 4 is 71.9 Å². The molecule has 0 aliphatic carbocycles. The summed E-state index contributed by atoms with van der Waals surface area (Å²) in [5.41, 5.74) is 15.2. The number of nitrogens with zero attached hydrogens (tertiary/aromatic N) is 3. The number of anilines is 3. The maximum Gasteiger partial charge on any atom is 0.227 e. The molecular weight excluding hydrogens is 735 g/mol. The van der Waals surface area contributed by atoms with Gasteiger partial charge in [-0.1, -0.05) is 133 Å². The van der Waals surface area contributed by atoms with Crippen LogP contribution in [0.25, 0.3) is 94.2 Å². The van der Waals surface area contributed by atoms with Gasteiger partial charge in [-0.3, -0.25) is 0 Å². The smallest absolute Gasteiger partial charge is 0.227 e. The Morgan fingerprint density at radius 2 is 1.05 bits per heavy atom. The molecule has 0 unspecified atom stereocenters. The highest BCUT2D eigenvalue weighted by atomic mass is 16.4. The van der Waals surface area contributed by atoms with Gasteiger partial charge in [-0.2, -0.15) is 0 Å². The van der Waals surface area contributed by atoms with E-state index in [0.717, 1.165) is 83.5 Å². The fourth-order valence-corrected chi connectivity index (χ4v) is 8.85. The summed E-state index contributed by atoms with van der Waals surface area (Å²) in [5, 5.41) is 4.46. The fraction of sp³-hybridized carbons (Fsp3) is 0. The third-order valence-electron chi connectivity index (χ3n) is 11.6. The molecule has 0 fully saturated rings. The van der Waals surface area contributed by atoms with E-state index < -0.39 is 0 Å². The van der Waals surface area contributed by atoms with Crippen molar-refractivity contribution in [1.82, 2.24) is 9.55 Å². The first-order valence-electron chi connectivity index (χ1n) is 20.2. The molecule has 5 heteroatoms. The Morgan fingerprint density at radius 1 is 0.400 bits per heavy atom. The molecule has 5 nitrogen and oxygen atoms in total. The van der Waals surface area contributed by atoms with Crippen LogP contribution in [-0.4, -0.2) is 9.55 Å². The maximum atomic E-state index is 6.36. The summed E-state index contributed by atoms with van der Waals surface area (Å²) < 4.78 is 14.9. The molecule has 0 N–H and O–H groups in total. The van der Waals surface area contributed by atoms with Crippen LogP contribution in [0.4, 0.5) is 17.1 Å². The first kappa shape index (κ1) is 33.9. The van der Waals surface area contributed by atoms with Crippen molar-refractivity contribution in [2.45, 2.75) is 0 Å². The van der Waals surface area contributed by atoms with Crippen molar-refractivity contribution < 1.29 is 8.83 Å². The minimum absolute atomic E-state index is 0.599. The Kier molecular flexibility index (Phi) is 7.78. The first-order chi connectivity index (χ1) is 29.7. The van der Waals surface area contributed by atoms with E-state index in [2.05, 4.69) is 185 Å². The lowest BCUT2D eigenvalue weighted by molar-refractivity contribution is 0.617.